The molecule has 2 aromatic rings. The van der Waals surface area contributed by atoms with Gasteiger partial charge in [0.15, 0.2) is 5.96 Å². The molecule has 0 saturated heterocycles. The Hall–Kier alpha value is -2.70. The number of hydrogen-bond donors (Lipinski definition) is 2. The lowest BCUT2D eigenvalue weighted by Gasteiger charge is -2.23. The van der Waals surface area contributed by atoms with Crippen molar-refractivity contribution in [2.75, 3.05) is 34.4 Å². The monoisotopic (exact) mass is 373 g/mol. The second-order valence-electron chi connectivity index (χ2n) is 6.39. The first kappa shape index (κ1) is 20.6. The van der Waals surface area contributed by atoms with Crippen molar-refractivity contribution in [2.24, 2.45) is 4.99 Å². The fourth-order valence-electron chi connectivity index (χ4n) is 2.86. The van der Waals surface area contributed by atoms with Crippen molar-refractivity contribution in [3.05, 3.63) is 41.2 Å². The number of methoxy groups -OCH3 is 2. The summed E-state index contributed by atoms with van der Waals surface area (Å²) in [5.74, 6) is 2.49. The summed E-state index contributed by atoms with van der Waals surface area (Å²) in [7, 11) is 5.36. The highest BCUT2D eigenvalue weighted by atomic mass is 16.5. The third kappa shape index (κ3) is 5.91. The highest BCUT2D eigenvalue weighted by Crippen LogP contribution is 2.25. The molecule has 0 saturated carbocycles. The number of guanidine groups is 1. The van der Waals surface area contributed by atoms with Crippen LogP contribution in [0, 0.1) is 6.92 Å². The minimum Gasteiger partial charge on any atom is -0.497 e. The van der Waals surface area contributed by atoms with E-state index in [1.54, 1.807) is 14.2 Å². The molecule has 2 rings (SSSR count). The molecule has 0 radical (unpaired) electrons. The van der Waals surface area contributed by atoms with E-state index < -0.39 is 0 Å². The largest absolute Gasteiger partial charge is 0.497 e. The number of benzene rings is 1. The Bertz CT molecular complexity index is 742. The van der Waals surface area contributed by atoms with Crippen LogP contribution in [-0.4, -0.2) is 55.4 Å². The van der Waals surface area contributed by atoms with Crippen LogP contribution in [0.15, 0.2) is 29.4 Å². The van der Waals surface area contributed by atoms with Gasteiger partial charge in [0.25, 0.3) is 0 Å². The molecular weight excluding hydrogens is 342 g/mol. The lowest BCUT2D eigenvalue weighted by atomic mass is 10.1. The Morgan fingerprint density at radius 2 is 2.07 bits per heavy atom. The van der Waals surface area contributed by atoms with E-state index in [2.05, 4.69) is 27.3 Å². The number of aliphatic imine (C=N–C) groups is 1. The molecule has 1 aromatic heterocycles. The van der Waals surface area contributed by atoms with Crippen LogP contribution < -0.4 is 14.8 Å². The number of aromatic amines is 1. The molecule has 0 aliphatic carbocycles. The maximum Gasteiger partial charge on any atom is 0.193 e. The molecule has 1 heterocycles. The quantitative estimate of drug-likeness (QED) is 0.402. The summed E-state index contributed by atoms with van der Waals surface area (Å²) < 4.78 is 10.8. The molecule has 7 nitrogen and oxygen atoms in total. The van der Waals surface area contributed by atoms with Crippen molar-refractivity contribution in [3.63, 3.8) is 0 Å². The number of ether oxygens (including phenoxy) is 2. The average molecular weight is 374 g/mol. The average Bonchev–Trinajstić information content (AvgIpc) is 3.09. The molecular formula is C20H31N5O2. The molecule has 2 N–H and O–H groups in total. The number of aromatic nitrogens is 2. The highest BCUT2D eigenvalue weighted by Gasteiger charge is 2.11. The van der Waals surface area contributed by atoms with Gasteiger partial charge in [-0.25, -0.2) is 0 Å². The molecule has 0 fully saturated rings. The van der Waals surface area contributed by atoms with Crippen molar-refractivity contribution < 1.29 is 9.47 Å². The SMILES string of the molecule is CCNC(=NCCCc1cn[nH]c1C)N(C)Cc1ccc(OC)cc1OC. The van der Waals surface area contributed by atoms with E-state index in [1.165, 1.54) is 5.56 Å². The molecule has 27 heavy (non-hydrogen) atoms. The minimum atomic E-state index is 0.694. The zero-order valence-electron chi connectivity index (χ0n) is 17.0. The third-order valence-corrected chi connectivity index (χ3v) is 4.40. The second kappa shape index (κ2) is 10.4. The van der Waals surface area contributed by atoms with Crippen LogP contribution >= 0.6 is 0 Å². The van der Waals surface area contributed by atoms with E-state index in [1.807, 2.05) is 38.4 Å². The molecule has 0 aliphatic heterocycles. The van der Waals surface area contributed by atoms with Gasteiger partial charge in [0.1, 0.15) is 11.5 Å². The number of nitrogens with zero attached hydrogens (tertiary/aromatic N) is 3. The fraction of sp³-hybridized carbons (Fsp3) is 0.500. The Morgan fingerprint density at radius 3 is 2.70 bits per heavy atom. The van der Waals surface area contributed by atoms with Crippen LogP contribution in [0.25, 0.3) is 0 Å². The van der Waals surface area contributed by atoms with Crippen LogP contribution in [0.1, 0.15) is 30.2 Å². The molecule has 0 spiro atoms. The van der Waals surface area contributed by atoms with Gasteiger partial charge in [-0.15, -0.1) is 0 Å². The van der Waals surface area contributed by atoms with Crippen molar-refractivity contribution >= 4 is 5.96 Å². The van der Waals surface area contributed by atoms with Crippen molar-refractivity contribution in [3.8, 4) is 11.5 Å². The number of H-pyrrole nitrogens is 1. The van der Waals surface area contributed by atoms with Gasteiger partial charge in [0.2, 0.25) is 0 Å². The number of rotatable bonds is 9. The summed E-state index contributed by atoms with van der Waals surface area (Å²) in [5, 5.41) is 10.4. The topological polar surface area (TPSA) is 74.8 Å². The minimum absolute atomic E-state index is 0.694. The van der Waals surface area contributed by atoms with Gasteiger partial charge >= 0.3 is 0 Å². The standard InChI is InChI=1S/C20H31N5O2/c1-6-21-20(22-11-7-8-16-13-23-24-15(16)2)25(3)14-17-9-10-18(26-4)12-19(17)27-5/h9-10,12-13H,6-8,11,14H2,1-5H3,(H,21,22)(H,23,24). The number of aryl methyl sites for hydroxylation is 2. The molecule has 1 aromatic carbocycles. The lowest BCUT2D eigenvalue weighted by Crippen LogP contribution is -2.38. The molecule has 148 valence electrons. The first-order valence-electron chi connectivity index (χ1n) is 9.28. The third-order valence-electron chi connectivity index (χ3n) is 4.40. The molecule has 0 aliphatic rings. The molecule has 0 bridgehead atoms. The number of hydrogen-bond acceptors (Lipinski definition) is 4. The van der Waals surface area contributed by atoms with E-state index in [0.29, 0.717) is 6.54 Å². The predicted octanol–water partition coefficient (Wildman–Crippen LogP) is 2.77. The fourth-order valence-corrected chi connectivity index (χ4v) is 2.86. The van der Waals surface area contributed by atoms with Crippen LogP contribution in [0.3, 0.4) is 0 Å². The predicted molar refractivity (Wildman–Crippen MR) is 109 cm³/mol. The van der Waals surface area contributed by atoms with Gasteiger partial charge in [0.05, 0.1) is 20.4 Å². The van der Waals surface area contributed by atoms with Crippen molar-refractivity contribution in [1.29, 1.82) is 0 Å². The van der Waals surface area contributed by atoms with Crippen molar-refractivity contribution in [1.82, 2.24) is 20.4 Å². The highest BCUT2D eigenvalue weighted by molar-refractivity contribution is 5.79. The first-order chi connectivity index (χ1) is 13.1. The lowest BCUT2D eigenvalue weighted by molar-refractivity contribution is 0.382. The second-order valence-corrected chi connectivity index (χ2v) is 6.39. The Labute approximate surface area is 161 Å². The van der Waals surface area contributed by atoms with E-state index in [9.17, 15) is 0 Å². The van der Waals surface area contributed by atoms with Crippen LogP contribution in [0.2, 0.25) is 0 Å². The summed E-state index contributed by atoms with van der Waals surface area (Å²) in [6.07, 6.45) is 3.85. The summed E-state index contributed by atoms with van der Waals surface area (Å²) in [6, 6.07) is 5.88. The normalized spacial score (nSPS) is 11.4. The zero-order chi connectivity index (χ0) is 19.6. The Kier molecular flexibility index (Phi) is 7.98. The zero-order valence-corrected chi connectivity index (χ0v) is 17.0. The maximum atomic E-state index is 5.50. The summed E-state index contributed by atoms with van der Waals surface area (Å²) in [4.78, 5) is 6.87. The van der Waals surface area contributed by atoms with Gasteiger partial charge in [-0.3, -0.25) is 10.1 Å². The van der Waals surface area contributed by atoms with Crippen LogP contribution in [0.4, 0.5) is 0 Å². The van der Waals surface area contributed by atoms with Gasteiger partial charge in [-0.1, -0.05) is 0 Å². The van der Waals surface area contributed by atoms with E-state index >= 15 is 0 Å². The number of nitrogens with one attached hydrogen (secondary N) is 2. The van der Waals surface area contributed by atoms with E-state index in [4.69, 9.17) is 14.5 Å². The van der Waals surface area contributed by atoms with Crippen LogP contribution in [-0.2, 0) is 13.0 Å². The van der Waals surface area contributed by atoms with E-state index in [-0.39, 0.29) is 0 Å². The van der Waals surface area contributed by atoms with Gasteiger partial charge in [-0.05, 0) is 44.4 Å². The van der Waals surface area contributed by atoms with Gasteiger partial charge < -0.3 is 19.7 Å². The van der Waals surface area contributed by atoms with Gasteiger partial charge in [-0.2, -0.15) is 5.10 Å². The Morgan fingerprint density at radius 1 is 1.26 bits per heavy atom. The van der Waals surface area contributed by atoms with Gasteiger partial charge in [0, 0.05) is 44.0 Å². The Balaban J connectivity index is 1.99. The smallest absolute Gasteiger partial charge is 0.193 e. The molecule has 0 amide bonds. The van der Waals surface area contributed by atoms with E-state index in [0.717, 1.165) is 54.6 Å². The summed E-state index contributed by atoms with van der Waals surface area (Å²) in [6.45, 7) is 6.40. The maximum absolute atomic E-state index is 5.50. The molecule has 0 unspecified atom stereocenters. The molecule has 7 heteroatoms. The molecule has 0 atom stereocenters. The first-order valence-corrected chi connectivity index (χ1v) is 9.28. The summed E-state index contributed by atoms with van der Waals surface area (Å²) in [5.41, 5.74) is 3.47. The summed E-state index contributed by atoms with van der Waals surface area (Å²) >= 11 is 0. The van der Waals surface area contributed by atoms with Crippen molar-refractivity contribution in [2.45, 2.75) is 33.2 Å². The van der Waals surface area contributed by atoms with Crippen LogP contribution in [0.5, 0.6) is 11.5 Å².